The average Bonchev–Trinajstić information content (AvgIpc) is 2.75. The summed E-state index contributed by atoms with van der Waals surface area (Å²) in [4.78, 5) is 18.0. The molecule has 0 atom stereocenters. The first kappa shape index (κ1) is 18.4. The maximum atomic E-state index is 13.1. The zero-order valence-corrected chi connectivity index (χ0v) is 16.2. The highest BCUT2D eigenvalue weighted by Gasteiger charge is 2.22. The van der Waals surface area contributed by atoms with E-state index in [1.165, 1.54) is 23.9 Å². The average molecular weight is 375 g/mol. The molecule has 4 rings (SSSR count). The van der Waals surface area contributed by atoms with Gasteiger partial charge in [0.05, 0.1) is 23.7 Å². The van der Waals surface area contributed by atoms with E-state index in [2.05, 4.69) is 5.10 Å². The van der Waals surface area contributed by atoms with Crippen molar-refractivity contribution >= 4 is 17.1 Å². The summed E-state index contributed by atoms with van der Waals surface area (Å²) < 4.78 is 6.99. The minimum atomic E-state index is -0.103. The number of rotatable bonds is 5. The summed E-state index contributed by atoms with van der Waals surface area (Å²) in [5.41, 5.74) is 1.56. The molecule has 2 aromatic carbocycles. The van der Waals surface area contributed by atoms with Crippen molar-refractivity contribution in [3.05, 3.63) is 70.3 Å². The van der Waals surface area contributed by atoms with Crippen LogP contribution in [0.5, 0.6) is 5.75 Å². The van der Waals surface area contributed by atoms with Crippen molar-refractivity contribution in [2.24, 2.45) is 5.10 Å². The maximum Gasteiger partial charge on any atom is 0.282 e. The van der Waals surface area contributed by atoms with Crippen molar-refractivity contribution in [1.82, 2.24) is 9.66 Å². The first-order valence-corrected chi connectivity index (χ1v) is 10.0. The first-order chi connectivity index (χ1) is 13.8. The molecular formula is C23H25N3O2. The predicted octanol–water partition coefficient (Wildman–Crippen LogP) is 4.73. The number of hydrogen-bond donors (Lipinski definition) is 0. The number of fused-ring (bicyclic) bond motifs is 1. The third kappa shape index (κ3) is 3.84. The van der Waals surface area contributed by atoms with Gasteiger partial charge < -0.3 is 4.74 Å². The van der Waals surface area contributed by atoms with Gasteiger partial charge in [0.1, 0.15) is 11.6 Å². The van der Waals surface area contributed by atoms with Crippen molar-refractivity contribution in [2.45, 2.75) is 44.9 Å². The Morgan fingerprint density at radius 1 is 1.11 bits per heavy atom. The van der Waals surface area contributed by atoms with Gasteiger partial charge in [-0.1, -0.05) is 31.4 Å². The second kappa shape index (κ2) is 8.38. The summed E-state index contributed by atoms with van der Waals surface area (Å²) in [5.74, 6) is 1.89. The van der Waals surface area contributed by atoms with E-state index in [-0.39, 0.29) is 11.5 Å². The molecule has 5 nitrogen and oxygen atoms in total. The molecule has 0 radical (unpaired) electrons. The molecule has 1 saturated carbocycles. The van der Waals surface area contributed by atoms with E-state index in [9.17, 15) is 4.79 Å². The van der Waals surface area contributed by atoms with Crippen molar-refractivity contribution in [3.8, 4) is 5.75 Å². The van der Waals surface area contributed by atoms with Crippen molar-refractivity contribution in [2.75, 3.05) is 6.61 Å². The quantitative estimate of drug-likeness (QED) is 0.606. The molecule has 144 valence electrons. The molecule has 1 fully saturated rings. The molecule has 0 amide bonds. The summed E-state index contributed by atoms with van der Waals surface area (Å²) in [6, 6.07) is 15.2. The summed E-state index contributed by atoms with van der Waals surface area (Å²) in [6.07, 6.45) is 7.45. The Morgan fingerprint density at radius 2 is 1.86 bits per heavy atom. The lowest BCUT2D eigenvalue weighted by molar-refractivity contribution is 0.340. The molecule has 0 unspecified atom stereocenters. The van der Waals surface area contributed by atoms with Gasteiger partial charge in [0.2, 0.25) is 0 Å². The third-order valence-electron chi connectivity index (χ3n) is 5.26. The van der Waals surface area contributed by atoms with E-state index in [0.29, 0.717) is 12.0 Å². The normalized spacial score (nSPS) is 15.3. The van der Waals surface area contributed by atoms with Gasteiger partial charge in [0, 0.05) is 5.92 Å². The van der Waals surface area contributed by atoms with Crippen LogP contribution in [0.15, 0.2) is 58.4 Å². The first-order valence-electron chi connectivity index (χ1n) is 10.0. The van der Waals surface area contributed by atoms with Gasteiger partial charge in [0.15, 0.2) is 0 Å². The van der Waals surface area contributed by atoms with Gasteiger partial charge in [-0.15, -0.1) is 0 Å². The van der Waals surface area contributed by atoms with Gasteiger partial charge in [-0.25, -0.2) is 4.98 Å². The van der Waals surface area contributed by atoms with Crippen LogP contribution in [-0.2, 0) is 0 Å². The SMILES string of the molecule is CCOc1ccc(C=Nn2c(C3CCCCC3)nc3ccccc3c2=O)cc1. The fourth-order valence-electron chi connectivity index (χ4n) is 3.82. The molecule has 0 saturated heterocycles. The Labute approximate surface area is 164 Å². The Morgan fingerprint density at radius 3 is 2.61 bits per heavy atom. The molecule has 0 bridgehead atoms. The van der Waals surface area contributed by atoms with Crippen LogP contribution in [0.2, 0.25) is 0 Å². The second-order valence-electron chi connectivity index (χ2n) is 7.19. The molecular weight excluding hydrogens is 350 g/mol. The molecule has 28 heavy (non-hydrogen) atoms. The zero-order chi connectivity index (χ0) is 19.3. The van der Waals surface area contributed by atoms with Gasteiger partial charge in [-0.3, -0.25) is 4.79 Å². The Kier molecular flexibility index (Phi) is 5.51. The molecule has 0 spiro atoms. The van der Waals surface area contributed by atoms with Crippen LogP contribution in [0.4, 0.5) is 0 Å². The van der Waals surface area contributed by atoms with Gasteiger partial charge >= 0.3 is 0 Å². The van der Waals surface area contributed by atoms with E-state index >= 15 is 0 Å². The lowest BCUT2D eigenvalue weighted by Gasteiger charge is -2.22. The highest BCUT2D eigenvalue weighted by Crippen LogP contribution is 2.31. The third-order valence-corrected chi connectivity index (χ3v) is 5.26. The topological polar surface area (TPSA) is 56.5 Å². The Hall–Kier alpha value is -2.95. The maximum absolute atomic E-state index is 13.1. The molecule has 1 heterocycles. The van der Waals surface area contributed by atoms with Gasteiger partial charge in [-0.05, 0) is 61.7 Å². The van der Waals surface area contributed by atoms with Crippen molar-refractivity contribution < 1.29 is 4.74 Å². The van der Waals surface area contributed by atoms with Gasteiger partial charge in [-0.2, -0.15) is 9.78 Å². The van der Waals surface area contributed by atoms with Crippen LogP contribution in [-0.4, -0.2) is 22.5 Å². The minimum Gasteiger partial charge on any atom is -0.494 e. The summed E-state index contributed by atoms with van der Waals surface area (Å²) >= 11 is 0. The summed E-state index contributed by atoms with van der Waals surface area (Å²) in [7, 11) is 0. The van der Waals surface area contributed by atoms with Crippen LogP contribution in [0, 0.1) is 0 Å². The van der Waals surface area contributed by atoms with Gasteiger partial charge in [0.25, 0.3) is 5.56 Å². The smallest absolute Gasteiger partial charge is 0.282 e. The number of ether oxygens (including phenoxy) is 1. The van der Waals surface area contributed by atoms with E-state index in [1.807, 2.05) is 55.5 Å². The summed E-state index contributed by atoms with van der Waals surface area (Å²) in [5, 5.41) is 5.16. The largest absolute Gasteiger partial charge is 0.494 e. The number of nitrogens with zero attached hydrogens (tertiary/aromatic N) is 3. The lowest BCUT2D eigenvalue weighted by atomic mass is 9.88. The van der Waals surface area contributed by atoms with E-state index < -0.39 is 0 Å². The van der Waals surface area contributed by atoms with Crippen LogP contribution in [0.3, 0.4) is 0 Å². The molecule has 5 heteroatoms. The minimum absolute atomic E-state index is 0.103. The standard InChI is InChI=1S/C23H25N3O2/c1-2-28-19-14-12-17(13-15-19)16-24-26-22(18-8-4-3-5-9-18)25-21-11-7-6-10-20(21)23(26)27/h6-7,10-16,18H,2-5,8-9H2,1H3. The van der Waals surface area contributed by atoms with Crippen LogP contribution < -0.4 is 10.3 Å². The van der Waals surface area contributed by atoms with Crippen LogP contribution in [0.25, 0.3) is 10.9 Å². The fraction of sp³-hybridized carbons (Fsp3) is 0.348. The molecule has 0 aliphatic heterocycles. The molecule has 1 aromatic heterocycles. The second-order valence-corrected chi connectivity index (χ2v) is 7.19. The van der Waals surface area contributed by atoms with Crippen LogP contribution in [0.1, 0.15) is 56.3 Å². The molecule has 1 aliphatic rings. The molecule has 0 N–H and O–H groups in total. The predicted molar refractivity (Wildman–Crippen MR) is 112 cm³/mol. The van der Waals surface area contributed by atoms with E-state index in [1.54, 1.807) is 6.21 Å². The number of aromatic nitrogens is 2. The van der Waals surface area contributed by atoms with Crippen molar-refractivity contribution in [3.63, 3.8) is 0 Å². The van der Waals surface area contributed by atoms with E-state index in [0.717, 1.165) is 35.5 Å². The molecule has 3 aromatic rings. The van der Waals surface area contributed by atoms with Crippen molar-refractivity contribution in [1.29, 1.82) is 0 Å². The highest BCUT2D eigenvalue weighted by molar-refractivity contribution is 5.80. The number of para-hydroxylation sites is 1. The Bertz CT molecular complexity index is 1030. The molecule has 1 aliphatic carbocycles. The number of hydrogen-bond acceptors (Lipinski definition) is 4. The fourth-order valence-corrected chi connectivity index (χ4v) is 3.82. The summed E-state index contributed by atoms with van der Waals surface area (Å²) in [6.45, 7) is 2.59. The monoisotopic (exact) mass is 375 g/mol. The zero-order valence-electron chi connectivity index (χ0n) is 16.2. The Balaban J connectivity index is 1.75. The van der Waals surface area contributed by atoms with Crippen LogP contribution >= 0.6 is 0 Å². The van der Waals surface area contributed by atoms with E-state index in [4.69, 9.17) is 9.72 Å². The number of benzene rings is 2. The lowest BCUT2D eigenvalue weighted by Crippen LogP contribution is -2.25. The highest BCUT2D eigenvalue weighted by atomic mass is 16.5.